The molecular weight excluding hydrogens is 415 g/mol. The summed E-state index contributed by atoms with van der Waals surface area (Å²) in [4.78, 5) is 1.02. The maximum atomic E-state index is 13.8. The smallest absolute Gasteiger partial charge is 0.207 e. The molecule has 21 heavy (non-hydrogen) atoms. The zero-order valence-corrected chi connectivity index (χ0v) is 13.7. The van der Waals surface area contributed by atoms with Crippen LogP contribution in [0.15, 0.2) is 52.3 Å². The Bertz CT molecular complexity index is 625. The third-order valence-electron chi connectivity index (χ3n) is 2.79. The first-order valence-corrected chi connectivity index (χ1v) is 8.44. The minimum Gasteiger partial charge on any atom is -0.207 e. The van der Waals surface area contributed by atoms with Crippen molar-refractivity contribution in [1.82, 2.24) is 0 Å². The molecule has 2 aromatic carbocycles. The molecule has 0 aliphatic heterocycles. The predicted octanol–water partition coefficient (Wildman–Crippen LogP) is 5.97. The van der Waals surface area contributed by atoms with Crippen molar-refractivity contribution in [1.29, 1.82) is 0 Å². The molecule has 0 aromatic heterocycles. The van der Waals surface area contributed by atoms with Gasteiger partial charge in [0.1, 0.15) is 5.82 Å². The van der Waals surface area contributed by atoms with Crippen LogP contribution in [0.5, 0.6) is 0 Å². The summed E-state index contributed by atoms with van der Waals surface area (Å²) in [6.45, 7) is 0. The summed E-state index contributed by atoms with van der Waals surface area (Å²) in [6.07, 6.45) is -3.73. The minimum absolute atomic E-state index is 0.316. The van der Waals surface area contributed by atoms with Gasteiger partial charge >= 0.3 is 6.18 Å². The van der Waals surface area contributed by atoms with Crippen LogP contribution in [0.2, 0.25) is 0 Å². The van der Waals surface area contributed by atoms with E-state index in [0.717, 1.165) is 28.3 Å². The van der Waals surface area contributed by atoms with E-state index in [2.05, 4.69) is 22.6 Å². The first kappa shape index (κ1) is 16.6. The third kappa shape index (κ3) is 4.60. The molecule has 0 saturated heterocycles. The molecule has 0 spiro atoms. The highest BCUT2D eigenvalue weighted by molar-refractivity contribution is 14.1. The summed E-state index contributed by atoms with van der Waals surface area (Å²) < 4.78 is 52.5. The van der Waals surface area contributed by atoms with Crippen LogP contribution in [0.4, 0.5) is 17.6 Å². The number of rotatable bonds is 4. The zero-order valence-electron chi connectivity index (χ0n) is 10.8. The Morgan fingerprint density at radius 3 is 2.33 bits per heavy atom. The van der Waals surface area contributed by atoms with Crippen LogP contribution in [0, 0.1) is 5.82 Å². The van der Waals surface area contributed by atoms with E-state index in [-0.39, 0.29) is 5.82 Å². The summed E-state index contributed by atoms with van der Waals surface area (Å²) in [5, 5.41) is 0. The van der Waals surface area contributed by atoms with Gasteiger partial charge < -0.3 is 0 Å². The molecule has 0 aliphatic carbocycles. The molecule has 112 valence electrons. The van der Waals surface area contributed by atoms with Gasteiger partial charge in [-0.05, 0) is 42.3 Å². The number of aryl methyl sites for hydroxylation is 1. The van der Waals surface area contributed by atoms with Crippen molar-refractivity contribution < 1.29 is 17.6 Å². The van der Waals surface area contributed by atoms with Gasteiger partial charge in [-0.15, -0.1) is 0 Å². The van der Waals surface area contributed by atoms with Gasteiger partial charge in [-0.2, -0.15) is 13.2 Å². The SMILES string of the molecule is Fc1cc(Sc2cccc(C(F)(F)F)c2)ccc1CCI. The lowest BCUT2D eigenvalue weighted by atomic mass is 10.2. The second kappa shape index (κ2) is 7.00. The van der Waals surface area contributed by atoms with E-state index in [0.29, 0.717) is 21.8 Å². The van der Waals surface area contributed by atoms with Gasteiger partial charge in [0, 0.05) is 14.2 Å². The van der Waals surface area contributed by atoms with Crippen molar-refractivity contribution in [2.24, 2.45) is 0 Å². The standard InChI is InChI=1S/C15H11F4IS/c16-14-9-13(5-4-10(14)6-7-20)21-12-3-1-2-11(8-12)15(17,18)19/h1-5,8-9H,6-7H2. The Balaban J connectivity index is 2.20. The fourth-order valence-corrected chi connectivity index (χ4v) is 3.25. The highest BCUT2D eigenvalue weighted by Gasteiger charge is 2.30. The molecule has 0 bridgehead atoms. The van der Waals surface area contributed by atoms with Crippen LogP contribution >= 0.6 is 34.4 Å². The Labute approximate surface area is 138 Å². The second-order valence-electron chi connectivity index (χ2n) is 4.32. The molecule has 0 heterocycles. The van der Waals surface area contributed by atoms with Crippen molar-refractivity contribution >= 4 is 34.4 Å². The maximum absolute atomic E-state index is 13.8. The quantitative estimate of drug-likeness (QED) is 0.330. The molecule has 0 atom stereocenters. The van der Waals surface area contributed by atoms with E-state index in [4.69, 9.17) is 0 Å². The number of hydrogen-bond donors (Lipinski definition) is 0. The summed E-state index contributed by atoms with van der Waals surface area (Å²) in [5.41, 5.74) is -0.0766. The van der Waals surface area contributed by atoms with Crippen molar-refractivity contribution in [3.8, 4) is 0 Å². The van der Waals surface area contributed by atoms with E-state index in [1.54, 1.807) is 18.2 Å². The molecule has 0 radical (unpaired) electrons. The third-order valence-corrected chi connectivity index (χ3v) is 4.30. The molecule has 0 N–H and O–H groups in total. The average molecular weight is 426 g/mol. The minimum atomic E-state index is -4.37. The van der Waals surface area contributed by atoms with E-state index < -0.39 is 11.7 Å². The van der Waals surface area contributed by atoms with Gasteiger partial charge in [0.2, 0.25) is 0 Å². The molecule has 0 saturated carbocycles. The van der Waals surface area contributed by atoms with Gasteiger partial charge in [0.15, 0.2) is 0 Å². The van der Waals surface area contributed by atoms with Crippen LogP contribution in [0.3, 0.4) is 0 Å². The Morgan fingerprint density at radius 2 is 1.71 bits per heavy atom. The van der Waals surface area contributed by atoms with E-state index >= 15 is 0 Å². The molecule has 2 aromatic rings. The van der Waals surface area contributed by atoms with E-state index in [1.165, 1.54) is 12.1 Å². The first-order chi connectivity index (χ1) is 9.90. The van der Waals surface area contributed by atoms with Crippen LogP contribution < -0.4 is 0 Å². The predicted molar refractivity (Wildman–Crippen MR) is 84.6 cm³/mol. The summed E-state index contributed by atoms with van der Waals surface area (Å²) in [7, 11) is 0. The van der Waals surface area contributed by atoms with Crippen molar-refractivity contribution in [3.05, 3.63) is 59.4 Å². The highest BCUT2D eigenvalue weighted by Crippen LogP contribution is 2.34. The molecule has 6 heteroatoms. The second-order valence-corrected chi connectivity index (χ2v) is 6.55. The van der Waals surface area contributed by atoms with Crippen molar-refractivity contribution in [2.45, 2.75) is 22.4 Å². The number of benzene rings is 2. The molecular formula is C15H11F4IS. The molecule has 2 rings (SSSR count). The molecule has 0 fully saturated rings. The largest absolute Gasteiger partial charge is 0.416 e. The number of hydrogen-bond acceptors (Lipinski definition) is 1. The molecule has 0 amide bonds. The van der Waals surface area contributed by atoms with Gasteiger partial charge in [-0.3, -0.25) is 0 Å². The van der Waals surface area contributed by atoms with Gasteiger partial charge in [-0.25, -0.2) is 4.39 Å². The lowest BCUT2D eigenvalue weighted by Gasteiger charge is -2.09. The average Bonchev–Trinajstić information content (AvgIpc) is 2.41. The Hall–Kier alpha value is -0.760. The van der Waals surface area contributed by atoms with Gasteiger partial charge in [-0.1, -0.05) is 46.5 Å². The molecule has 0 aliphatic rings. The lowest BCUT2D eigenvalue weighted by molar-refractivity contribution is -0.137. The van der Waals surface area contributed by atoms with Crippen LogP contribution in [-0.4, -0.2) is 4.43 Å². The highest BCUT2D eigenvalue weighted by atomic mass is 127. The summed E-state index contributed by atoms with van der Waals surface area (Å²) in [6, 6.07) is 9.81. The number of alkyl halides is 4. The van der Waals surface area contributed by atoms with Crippen molar-refractivity contribution in [2.75, 3.05) is 4.43 Å². The fourth-order valence-electron chi connectivity index (χ4n) is 1.77. The van der Waals surface area contributed by atoms with Gasteiger partial charge in [0.05, 0.1) is 5.56 Å². The molecule has 0 unspecified atom stereocenters. The zero-order chi connectivity index (χ0) is 15.5. The topological polar surface area (TPSA) is 0 Å². The maximum Gasteiger partial charge on any atom is 0.416 e. The van der Waals surface area contributed by atoms with Crippen LogP contribution in [-0.2, 0) is 12.6 Å². The first-order valence-electron chi connectivity index (χ1n) is 6.09. The summed E-state index contributed by atoms with van der Waals surface area (Å²) >= 11 is 3.28. The normalized spacial score (nSPS) is 11.7. The summed E-state index contributed by atoms with van der Waals surface area (Å²) in [5.74, 6) is -0.316. The van der Waals surface area contributed by atoms with Crippen molar-refractivity contribution in [3.63, 3.8) is 0 Å². The number of halogens is 5. The van der Waals surface area contributed by atoms with Gasteiger partial charge in [0.25, 0.3) is 0 Å². The van der Waals surface area contributed by atoms with Crippen LogP contribution in [0.25, 0.3) is 0 Å². The lowest BCUT2D eigenvalue weighted by Crippen LogP contribution is -2.04. The Morgan fingerprint density at radius 1 is 1.00 bits per heavy atom. The van der Waals surface area contributed by atoms with Crippen LogP contribution in [0.1, 0.15) is 11.1 Å². The molecule has 0 nitrogen and oxygen atoms in total. The monoisotopic (exact) mass is 426 g/mol. The Kier molecular flexibility index (Phi) is 5.54. The van der Waals surface area contributed by atoms with E-state index in [9.17, 15) is 17.6 Å². The fraction of sp³-hybridized carbons (Fsp3) is 0.200. The van der Waals surface area contributed by atoms with E-state index in [1.807, 2.05) is 0 Å².